The first-order chi connectivity index (χ1) is 9.16. The van der Waals surface area contributed by atoms with Gasteiger partial charge in [-0.1, -0.05) is 6.07 Å². The molecule has 0 bridgehead atoms. The molecule has 1 aliphatic carbocycles. The van der Waals surface area contributed by atoms with Crippen molar-refractivity contribution in [2.24, 2.45) is 5.73 Å². The smallest absolute Gasteiger partial charge is 0.260 e. The predicted molar refractivity (Wildman–Crippen MR) is 80.9 cm³/mol. The molecule has 2 aromatic heterocycles. The summed E-state index contributed by atoms with van der Waals surface area (Å²) in [6.45, 7) is 0.759. The Hall–Kier alpha value is -1.53. The molecule has 1 saturated carbocycles. The lowest BCUT2D eigenvalue weighted by Gasteiger charge is -2.05. The number of anilines is 2. The fourth-order valence-electron chi connectivity index (χ4n) is 2.13. The van der Waals surface area contributed by atoms with Crippen LogP contribution in [0.5, 0.6) is 0 Å². The van der Waals surface area contributed by atoms with Gasteiger partial charge in [-0.15, -0.1) is 22.7 Å². The third kappa shape index (κ3) is 2.46. The van der Waals surface area contributed by atoms with Crippen LogP contribution in [-0.2, 0) is 6.54 Å². The van der Waals surface area contributed by atoms with Gasteiger partial charge in [0.15, 0.2) is 0 Å². The number of carbonyl (C=O) groups excluding carboxylic acids is 1. The molecule has 2 aromatic rings. The molecule has 1 aliphatic rings. The maximum atomic E-state index is 11.4. The van der Waals surface area contributed by atoms with Crippen molar-refractivity contribution in [1.29, 1.82) is 0 Å². The summed E-state index contributed by atoms with van der Waals surface area (Å²) >= 11 is 3.09. The molecule has 19 heavy (non-hydrogen) atoms. The molecular formula is C13H15N3OS2. The Kier molecular flexibility index (Phi) is 3.20. The van der Waals surface area contributed by atoms with Gasteiger partial charge in [0.05, 0.1) is 17.2 Å². The van der Waals surface area contributed by atoms with Gasteiger partial charge in [0.1, 0.15) is 4.88 Å². The number of primary amides is 1. The average Bonchev–Trinajstić information content (AvgIpc) is 2.96. The van der Waals surface area contributed by atoms with Gasteiger partial charge < -0.3 is 16.8 Å². The molecule has 0 aliphatic heterocycles. The number of carbonyl (C=O) groups is 1. The number of nitrogens with one attached hydrogen (secondary N) is 1. The zero-order valence-corrected chi connectivity index (χ0v) is 11.9. The van der Waals surface area contributed by atoms with Crippen LogP contribution in [0.25, 0.3) is 0 Å². The zero-order valence-electron chi connectivity index (χ0n) is 10.3. The summed E-state index contributed by atoms with van der Waals surface area (Å²) < 4.78 is 0. The summed E-state index contributed by atoms with van der Waals surface area (Å²) in [5.74, 6) is 0.0590. The number of thiophene rings is 2. The van der Waals surface area contributed by atoms with Crippen molar-refractivity contribution in [3.63, 3.8) is 0 Å². The Bertz CT molecular complexity index is 600. The summed E-state index contributed by atoms with van der Waals surface area (Å²) in [6.07, 6.45) is 2.29. The highest BCUT2D eigenvalue weighted by Crippen LogP contribution is 2.50. The summed E-state index contributed by atoms with van der Waals surface area (Å²) in [5.41, 5.74) is 13.1. The minimum Gasteiger partial charge on any atom is -0.397 e. The van der Waals surface area contributed by atoms with Crippen molar-refractivity contribution < 1.29 is 4.79 Å². The number of nitrogens with two attached hydrogens (primary N) is 2. The van der Waals surface area contributed by atoms with Crippen molar-refractivity contribution in [3.8, 4) is 0 Å². The van der Waals surface area contributed by atoms with Crippen LogP contribution in [0.1, 0.15) is 38.9 Å². The second kappa shape index (κ2) is 4.86. The van der Waals surface area contributed by atoms with Crippen molar-refractivity contribution in [3.05, 3.63) is 32.8 Å². The summed E-state index contributed by atoms with van der Waals surface area (Å²) in [7, 11) is 0. The van der Waals surface area contributed by atoms with Crippen LogP contribution in [-0.4, -0.2) is 5.91 Å². The minimum absolute atomic E-state index is 0.437. The zero-order chi connectivity index (χ0) is 13.4. The molecule has 0 radical (unpaired) electrons. The lowest BCUT2D eigenvalue weighted by atomic mass is 10.1. The third-order valence-corrected chi connectivity index (χ3v) is 5.27. The molecule has 1 fully saturated rings. The SMILES string of the molecule is NC(=O)c1sc(NCc2cccs2)c(C2CC2)c1N. The number of hydrogen-bond donors (Lipinski definition) is 3. The van der Waals surface area contributed by atoms with Gasteiger partial charge >= 0.3 is 0 Å². The predicted octanol–water partition coefficient (Wildman–Crippen LogP) is 2.98. The van der Waals surface area contributed by atoms with Crippen LogP contribution >= 0.6 is 22.7 Å². The molecule has 0 atom stereocenters. The van der Waals surface area contributed by atoms with Crippen molar-refractivity contribution >= 4 is 39.3 Å². The van der Waals surface area contributed by atoms with Gasteiger partial charge in [-0.3, -0.25) is 4.79 Å². The maximum absolute atomic E-state index is 11.4. The van der Waals surface area contributed by atoms with Gasteiger partial charge in [0.25, 0.3) is 5.91 Å². The Balaban J connectivity index is 1.86. The topological polar surface area (TPSA) is 81.1 Å². The highest BCUT2D eigenvalue weighted by molar-refractivity contribution is 7.18. The molecule has 100 valence electrons. The molecule has 0 saturated heterocycles. The Morgan fingerprint density at radius 1 is 1.47 bits per heavy atom. The molecule has 5 N–H and O–H groups in total. The monoisotopic (exact) mass is 293 g/mol. The van der Waals surface area contributed by atoms with Crippen LogP contribution in [0, 0.1) is 0 Å². The van der Waals surface area contributed by atoms with Gasteiger partial charge in [-0.2, -0.15) is 0 Å². The maximum Gasteiger partial charge on any atom is 0.260 e. The minimum atomic E-state index is -0.437. The molecule has 0 aromatic carbocycles. The van der Waals surface area contributed by atoms with E-state index in [9.17, 15) is 4.79 Å². The lowest BCUT2D eigenvalue weighted by Crippen LogP contribution is -2.11. The van der Waals surface area contributed by atoms with Gasteiger partial charge in [-0.25, -0.2) is 0 Å². The fraction of sp³-hybridized carbons (Fsp3) is 0.308. The quantitative estimate of drug-likeness (QED) is 0.792. The Labute approximate surface area is 119 Å². The van der Waals surface area contributed by atoms with Crippen LogP contribution in [0.15, 0.2) is 17.5 Å². The number of nitrogen functional groups attached to an aromatic ring is 1. The standard InChI is InChI=1S/C13H15N3OS2/c14-10-9(7-3-4-7)13(19-11(10)12(15)17)16-6-8-2-1-5-18-8/h1-2,5,7,16H,3-4,6,14H2,(H2,15,17). The second-order valence-corrected chi connectivity index (χ2v) is 6.71. The third-order valence-electron chi connectivity index (χ3n) is 3.20. The highest BCUT2D eigenvalue weighted by Gasteiger charge is 2.32. The fourth-order valence-corrected chi connectivity index (χ4v) is 3.83. The Morgan fingerprint density at radius 2 is 2.26 bits per heavy atom. The lowest BCUT2D eigenvalue weighted by molar-refractivity contribution is 0.100. The molecule has 4 nitrogen and oxygen atoms in total. The molecule has 3 rings (SSSR count). The largest absolute Gasteiger partial charge is 0.397 e. The van der Waals surface area contributed by atoms with E-state index in [4.69, 9.17) is 11.5 Å². The van der Waals surface area contributed by atoms with Crippen LogP contribution in [0.2, 0.25) is 0 Å². The first-order valence-electron chi connectivity index (χ1n) is 6.15. The van der Waals surface area contributed by atoms with Crippen LogP contribution in [0.4, 0.5) is 10.7 Å². The van der Waals surface area contributed by atoms with Gasteiger partial charge in [0.2, 0.25) is 0 Å². The van der Waals surface area contributed by atoms with E-state index in [1.165, 1.54) is 16.2 Å². The average molecular weight is 293 g/mol. The number of amides is 1. The van der Waals surface area contributed by atoms with E-state index in [1.807, 2.05) is 6.07 Å². The second-order valence-electron chi connectivity index (χ2n) is 4.66. The molecular weight excluding hydrogens is 278 g/mol. The van der Waals surface area contributed by atoms with Gasteiger partial charge in [0, 0.05) is 10.4 Å². The van der Waals surface area contributed by atoms with E-state index < -0.39 is 5.91 Å². The Morgan fingerprint density at radius 3 is 2.84 bits per heavy atom. The number of rotatable bonds is 5. The normalized spacial score (nSPS) is 14.5. The first-order valence-corrected chi connectivity index (χ1v) is 7.84. The molecule has 0 spiro atoms. The molecule has 6 heteroatoms. The first kappa shape index (κ1) is 12.5. The van der Waals surface area contributed by atoms with Crippen LogP contribution in [0.3, 0.4) is 0 Å². The van der Waals surface area contributed by atoms with E-state index in [0.717, 1.165) is 30.0 Å². The molecule has 0 unspecified atom stereocenters. The van der Waals surface area contributed by atoms with Crippen molar-refractivity contribution in [2.45, 2.75) is 25.3 Å². The highest BCUT2D eigenvalue weighted by atomic mass is 32.1. The van der Waals surface area contributed by atoms with Crippen LogP contribution < -0.4 is 16.8 Å². The van der Waals surface area contributed by atoms with E-state index in [1.54, 1.807) is 11.3 Å². The summed E-state index contributed by atoms with van der Waals surface area (Å²) in [5, 5.41) is 6.45. The van der Waals surface area contributed by atoms with Gasteiger partial charge in [-0.05, 0) is 30.2 Å². The summed E-state index contributed by atoms with van der Waals surface area (Å²) in [4.78, 5) is 13.1. The number of hydrogen-bond acceptors (Lipinski definition) is 5. The van der Waals surface area contributed by atoms with Crippen molar-refractivity contribution in [1.82, 2.24) is 0 Å². The van der Waals surface area contributed by atoms with E-state index in [-0.39, 0.29) is 0 Å². The van der Waals surface area contributed by atoms with E-state index in [2.05, 4.69) is 16.8 Å². The van der Waals surface area contributed by atoms with E-state index >= 15 is 0 Å². The molecule has 2 heterocycles. The van der Waals surface area contributed by atoms with Crippen molar-refractivity contribution in [2.75, 3.05) is 11.1 Å². The summed E-state index contributed by atoms with van der Waals surface area (Å²) in [6, 6.07) is 4.11. The molecule has 1 amide bonds. The van der Waals surface area contributed by atoms with E-state index in [0.29, 0.717) is 16.5 Å².